The van der Waals surface area contributed by atoms with E-state index in [-0.39, 0.29) is 46.5 Å². The van der Waals surface area contributed by atoms with Gasteiger partial charge < -0.3 is 24.8 Å². The second-order valence-electron chi connectivity index (χ2n) is 24.9. The molecule has 0 N–H and O–H groups in total. The summed E-state index contributed by atoms with van der Waals surface area (Å²) in [7, 11) is 0. The first kappa shape index (κ1) is 67.6. The Kier molecular flexibility index (Phi) is 25.6. The van der Waals surface area contributed by atoms with Gasteiger partial charge in [0.05, 0.1) is 0 Å². The van der Waals surface area contributed by atoms with Crippen molar-refractivity contribution in [2.24, 2.45) is 0 Å². The standard InChI is InChI=1S/2C21H25.2C13H10.2C5H5.2ClH.2Zr/c2*1-20(2,3)16-9-7-14-11-15-8-10-17(21(4,5)6)13-19(15)18(14)12-16;2*1-3-7-12(8-4-1)11-13-9-5-2-6-10-13;2*1-2-4-5-3-1;;;;/h2*7,9-10,12-13H,11H2,1-6H3;2*1-10H;2*1-3H,4H2;2*1H;;/q2*-1;;;2*-1;;;2*+2/p-2. The van der Waals surface area contributed by atoms with Crippen molar-refractivity contribution < 1.29 is 73.3 Å². The molecule has 0 amide bonds. The maximum absolute atomic E-state index is 3.53. The summed E-state index contributed by atoms with van der Waals surface area (Å²) >= 11 is 2.92. The Morgan fingerprint density at radius 1 is 0.354 bits per heavy atom. The third-order valence-corrected chi connectivity index (χ3v) is 17.3. The van der Waals surface area contributed by atoms with Crippen LogP contribution in [0, 0.1) is 24.3 Å². The van der Waals surface area contributed by atoms with Crippen LogP contribution in [0.2, 0.25) is 0 Å². The van der Waals surface area contributed by atoms with Crippen molar-refractivity contribution >= 4 is 6.41 Å². The van der Waals surface area contributed by atoms with Crippen molar-refractivity contribution in [3.63, 3.8) is 0 Å². The van der Waals surface area contributed by atoms with Crippen LogP contribution >= 0.6 is 0 Å². The van der Waals surface area contributed by atoms with Gasteiger partial charge in [0.15, 0.2) is 0 Å². The minimum absolute atomic E-state index is 0. The maximum atomic E-state index is 3.53. The van der Waals surface area contributed by atoms with Gasteiger partial charge in [-0.15, -0.1) is 24.0 Å². The number of halogens is 2. The monoisotopic (exact) mass is 1270 g/mol. The van der Waals surface area contributed by atoms with Crippen molar-refractivity contribution in [3.05, 3.63) is 309 Å². The van der Waals surface area contributed by atoms with E-state index in [0.717, 1.165) is 25.7 Å². The van der Waals surface area contributed by atoms with Crippen LogP contribution in [0.15, 0.2) is 218 Å². The molecule has 0 bridgehead atoms. The summed E-state index contributed by atoms with van der Waals surface area (Å²) in [6.45, 7) is 27.3. The average molecular weight is 1270 g/mol. The van der Waals surface area contributed by atoms with Crippen molar-refractivity contribution in [2.45, 2.75) is 130 Å². The molecule has 4 aliphatic rings. The predicted octanol–water partition coefficient (Wildman–Crippen LogP) is 13.5. The summed E-state index contributed by atoms with van der Waals surface area (Å²) in [5.74, 6) is 0. The molecule has 12 rings (SSSR count). The molecule has 4 heteroatoms. The summed E-state index contributed by atoms with van der Waals surface area (Å²) in [6.07, 6.45) is 22.1. The van der Waals surface area contributed by atoms with Crippen LogP contribution in [-0.2, 0) is 83.0 Å². The molecular formula is C78H80Cl2Zr2-2. The van der Waals surface area contributed by atoms with Crippen LogP contribution in [0.5, 0.6) is 0 Å². The zero-order valence-corrected chi connectivity index (χ0v) is 56.8. The molecule has 416 valence electrons. The molecule has 0 aromatic heterocycles. The van der Waals surface area contributed by atoms with E-state index in [2.05, 4.69) is 302 Å². The minimum atomic E-state index is 0. The Morgan fingerprint density at radius 3 is 0.866 bits per heavy atom. The molecule has 8 aromatic carbocycles. The van der Waals surface area contributed by atoms with Crippen molar-refractivity contribution in [3.8, 4) is 22.3 Å². The summed E-state index contributed by atoms with van der Waals surface area (Å²) < 4.78 is 2.83. The molecule has 82 heavy (non-hydrogen) atoms. The molecule has 0 saturated carbocycles. The Labute approximate surface area is 536 Å². The Bertz CT molecular complexity index is 3000. The van der Waals surface area contributed by atoms with E-state index in [9.17, 15) is 0 Å². The van der Waals surface area contributed by atoms with Gasteiger partial charge >= 0.3 is 198 Å². The van der Waals surface area contributed by atoms with Gasteiger partial charge in [0.1, 0.15) is 0 Å². The van der Waals surface area contributed by atoms with Gasteiger partial charge in [0.2, 0.25) is 0 Å². The predicted molar refractivity (Wildman–Crippen MR) is 337 cm³/mol. The molecular weight excluding hydrogens is 1190 g/mol. The Balaban J connectivity index is 0.000000190. The molecule has 0 fully saturated rings. The molecule has 0 saturated heterocycles. The van der Waals surface area contributed by atoms with Crippen LogP contribution < -0.4 is 24.8 Å². The zero-order valence-electron chi connectivity index (χ0n) is 50.4. The third kappa shape index (κ3) is 19.4. The fraction of sp³-hybridized carbons (Fsp3) is 0.256. The molecule has 0 spiro atoms. The number of hydrogen-bond acceptors (Lipinski definition) is 0. The first-order valence-electron chi connectivity index (χ1n) is 28.3. The van der Waals surface area contributed by atoms with Crippen molar-refractivity contribution in [1.29, 1.82) is 0 Å². The Hall–Kier alpha value is -5.19. The van der Waals surface area contributed by atoms with E-state index in [1.54, 1.807) is 0 Å². The van der Waals surface area contributed by atoms with E-state index in [1.165, 1.54) is 144 Å². The van der Waals surface area contributed by atoms with Gasteiger partial charge in [0.25, 0.3) is 0 Å². The number of rotatable bonds is 4. The van der Waals surface area contributed by atoms with Crippen LogP contribution in [-0.4, -0.2) is 6.41 Å². The van der Waals surface area contributed by atoms with Crippen molar-refractivity contribution in [2.75, 3.05) is 0 Å². The van der Waals surface area contributed by atoms with Crippen LogP contribution in [0.3, 0.4) is 0 Å². The van der Waals surface area contributed by atoms with E-state index in [4.69, 9.17) is 0 Å². The third-order valence-electron chi connectivity index (χ3n) is 14.5. The molecule has 0 atom stereocenters. The zero-order chi connectivity index (χ0) is 57.5. The molecule has 0 nitrogen and oxygen atoms in total. The molecule has 4 aliphatic carbocycles. The van der Waals surface area contributed by atoms with Crippen molar-refractivity contribution in [1.82, 2.24) is 0 Å². The summed E-state index contributed by atoms with van der Waals surface area (Å²) in [6, 6.07) is 72.3. The normalized spacial score (nSPS) is 12.7. The molecule has 0 radical (unpaired) electrons. The second kappa shape index (κ2) is 31.1. The molecule has 0 heterocycles. The van der Waals surface area contributed by atoms with Gasteiger partial charge in [-0.25, -0.2) is 24.3 Å². The molecule has 8 aromatic rings. The summed E-state index contributed by atoms with van der Waals surface area (Å²) in [4.78, 5) is 0. The first-order chi connectivity index (χ1) is 38.1. The number of allylic oxidation sites excluding steroid dienone is 8. The summed E-state index contributed by atoms with van der Waals surface area (Å²) in [5.41, 5.74) is 22.8. The number of benzene rings is 8. The SMILES string of the molecule is CC(C)(C)c1c[c-]c2c(c1)-c1cc(C(C)(C)C)ccc1C2.CC(C)(C)c1c[c-]c2c(c1)-c1cc(C(C)(C)C)ccc1C2.[C-]1=CC=CC1.[C-]1=CC=CC1.[Cl-].[Cl-].[Zr+2]=[C](c1ccccc1)c1ccccc1.[Zr+2]=[C](c1ccccc1)c1ccccc1. The second-order valence-corrected chi connectivity index (χ2v) is 27.3. The number of hydrogen-bond donors (Lipinski definition) is 0. The number of fused-ring (bicyclic) bond motifs is 6. The van der Waals surface area contributed by atoms with E-state index in [1.807, 2.05) is 24.3 Å². The van der Waals surface area contributed by atoms with Crippen LogP contribution in [0.1, 0.15) is 163 Å². The van der Waals surface area contributed by atoms with Crippen LogP contribution in [0.25, 0.3) is 22.3 Å². The van der Waals surface area contributed by atoms with Gasteiger partial charge in [-0.05, 0) is 34.8 Å². The fourth-order valence-electron chi connectivity index (χ4n) is 9.40. The van der Waals surface area contributed by atoms with E-state index < -0.39 is 0 Å². The Morgan fingerprint density at radius 2 is 0.634 bits per heavy atom. The van der Waals surface area contributed by atoms with E-state index >= 15 is 0 Å². The van der Waals surface area contributed by atoms with Gasteiger partial charge in [-0.1, -0.05) is 153 Å². The topological polar surface area (TPSA) is 0 Å². The molecule has 0 aliphatic heterocycles. The van der Waals surface area contributed by atoms with Gasteiger partial charge in [-0.3, -0.25) is 12.2 Å². The first-order valence-corrected chi connectivity index (χ1v) is 30.7. The van der Waals surface area contributed by atoms with Gasteiger partial charge in [-0.2, -0.15) is 70.8 Å². The fourth-order valence-corrected chi connectivity index (χ4v) is 11.0. The van der Waals surface area contributed by atoms with Crippen LogP contribution in [0.4, 0.5) is 0 Å². The molecule has 0 unspecified atom stereocenters. The quantitative estimate of drug-likeness (QED) is 0.154. The average Bonchev–Trinajstić information content (AvgIpc) is 3.89. The van der Waals surface area contributed by atoms with E-state index in [0.29, 0.717) is 0 Å². The summed E-state index contributed by atoms with van der Waals surface area (Å²) in [5, 5.41) is 0. The van der Waals surface area contributed by atoms with Gasteiger partial charge in [0, 0.05) is 0 Å².